The van der Waals surface area contributed by atoms with Gasteiger partial charge in [0.05, 0.1) is 11.3 Å². The molecule has 1 aliphatic rings. The zero-order chi connectivity index (χ0) is 17.2. The normalized spacial score (nSPS) is 12.0. The molecule has 0 spiro atoms. The fourth-order valence-corrected chi connectivity index (χ4v) is 2.77. The minimum absolute atomic E-state index is 0.197. The predicted octanol–water partition coefficient (Wildman–Crippen LogP) is 4.52. The van der Waals surface area contributed by atoms with Gasteiger partial charge in [-0.2, -0.15) is 0 Å². The molecule has 3 aromatic rings. The molecule has 0 aromatic heterocycles. The van der Waals surface area contributed by atoms with Crippen LogP contribution in [0, 0.1) is 0 Å². The minimum Gasteiger partial charge on any atom is -0.478 e. The lowest BCUT2D eigenvalue weighted by atomic mass is 10.0. The molecule has 1 aliphatic heterocycles. The van der Waals surface area contributed by atoms with Crippen LogP contribution in [0.4, 0.5) is 11.4 Å². The molecule has 0 saturated carbocycles. The van der Waals surface area contributed by atoms with E-state index in [9.17, 15) is 9.90 Å². The van der Waals surface area contributed by atoms with E-state index in [-0.39, 0.29) is 12.4 Å². The van der Waals surface area contributed by atoms with E-state index in [0.717, 1.165) is 16.8 Å². The van der Waals surface area contributed by atoms with E-state index >= 15 is 0 Å². The molecule has 0 saturated heterocycles. The zero-order valence-corrected chi connectivity index (χ0v) is 13.2. The summed E-state index contributed by atoms with van der Waals surface area (Å²) in [5.74, 6) is 0.339. The van der Waals surface area contributed by atoms with Gasteiger partial charge >= 0.3 is 5.97 Å². The average molecular weight is 333 g/mol. The van der Waals surface area contributed by atoms with Crippen LogP contribution in [0.2, 0.25) is 0 Å². The van der Waals surface area contributed by atoms with E-state index in [2.05, 4.69) is 5.32 Å². The molecule has 0 amide bonds. The van der Waals surface area contributed by atoms with Gasteiger partial charge in [0.1, 0.15) is 0 Å². The molecule has 0 aliphatic carbocycles. The number of anilines is 2. The Morgan fingerprint density at radius 2 is 1.68 bits per heavy atom. The lowest BCUT2D eigenvalue weighted by Gasteiger charge is -2.12. The number of carbonyl (C=O) groups is 1. The van der Waals surface area contributed by atoms with Gasteiger partial charge in [-0.1, -0.05) is 36.4 Å². The quantitative estimate of drug-likeness (QED) is 0.734. The standard InChI is InChI=1S/C20H15NO4/c22-20(23)16-8-6-14(13-4-2-1-3-5-13)10-17(16)21-15-7-9-18-19(11-15)25-12-24-18/h1-11,21H,12H2,(H,22,23). The van der Waals surface area contributed by atoms with Crippen LogP contribution in [0.25, 0.3) is 11.1 Å². The summed E-state index contributed by atoms with van der Waals surface area (Å²) in [6, 6.07) is 20.5. The van der Waals surface area contributed by atoms with Crippen molar-refractivity contribution in [2.75, 3.05) is 12.1 Å². The number of fused-ring (bicyclic) bond motifs is 1. The van der Waals surface area contributed by atoms with Crippen LogP contribution >= 0.6 is 0 Å². The Balaban J connectivity index is 1.72. The third-order valence-corrected chi connectivity index (χ3v) is 4.01. The van der Waals surface area contributed by atoms with Crippen LogP contribution in [-0.2, 0) is 0 Å². The molecule has 5 heteroatoms. The summed E-state index contributed by atoms with van der Waals surface area (Å²) in [6.45, 7) is 0.197. The Morgan fingerprint density at radius 3 is 2.48 bits per heavy atom. The molecule has 0 fully saturated rings. The molecule has 25 heavy (non-hydrogen) atoms. The van der Waals surface area contributed by atoms with E-state index in [0.29, 0.717) is 17.2 Å². The Hall–Kier alpha value is -3.47. The summed E-state index contributed by atoms with van der Waals surface area (Å²) in [4.78, 5) is 11.6. The van der Waals surface area contributed by atoms with Crippen LogP contribution in [0.15, 0.2) is 66.7 Å². The second-order valence-corrected chi connectivity index (χ2v) is 5.62. The van der Waals surface area contributed by atoms with Crippen molar-refractivity contribution in [3.8, 4) is 22.6 Å². The number of hydrogen-bond donors (Lipinski definition) is 2. The number of ether oxygens (including phenoxy) is 2. The highest BCUT2D eigenvalue weighted by Gasteiger charge is 2.15. The molecular weight excluding hydrogens is 318 g/mol. The summed E-state index contributed by atoms with van der Waals surface area (Å²) in [7, 11) is 0. The molecular formula is C20H15NO4. The van der Waals surface area contributed by atoms with Crippen LogP contribution < -0.4 is 14.8 Å². The average Bonchev–Trinajstić information content (AvgIpc) is 3.10. The molecule has 0 bridgehead atoms. The van der Waals surface area contributed by atoms with Crippen molar-refractivity contribution in [3.05, 3.63) is 72.3 Å². The van der Waals surface area contributed by atoms with Crippen LogP contribution in [0.3, 0.4) is 0 Å². The maximum absolute atomic E-state index is 11.6. The van der Waals surface area contributed by atoms with Crippen LogP contribution in [0.5, 0.6) is 11.5 Å². The van der Waals surface area contributed by atoms with Gasteiger partial charge in [0.2, 0.25) is 6.79 Å². The first-order valence-corrected chi connectivity index (χ1v) is 7.80. The molecule has 0 radical (unpaired) electrons. The van der Waals surface area contributed by atoms with Gasteiger partial charge in [0.15, 0.2) is 11.5 Å². The minimum atomic E-state index is -0.983. The van der Waals surface area contributed by atoms with Crippen molar-refractivity contribution in [3.63, 3.8) is 0 Å². The van der Waals surface area contributed by atoms with Gasteiger partial charge in [-0.25, -0.2) is 4.79 Å². The molecule has 4 rings (SSSR count). The number of hydrogen-bond acceptors (Lipinski definition) is 4. The maximum Gasteiger partial charge on any atom is 0.337 e. The first kappa shape index (κ1) is 15.1. The highest BCUT2D eigenvalue weighted by atomic mass is 16.7. The number of carboxylic acids is 1. The lowest BCUT2D eigenvalue weighted by molar-refractivity contribution is 0.0698. The predicted molar refractivity (Wildman–Crippen MR) is 94.7 cm³/mol. The number of aromatic carboxylic acids is 1. The van der Waals surface area contributed by atoms with E-state index in [1.54, 1.807) is 18.2 Å². The largest absolute Gasteiger partial charge is 0.478 e. The summed E-state index contributed by atoms with van der Waals surface area (Å²) in [6.07, 6.45) is 0. The van der Waals surface area contributed by atoms with Gasteiger partial charge < -0.3 is 19.9 Å². The van der Waals surface area contributed by atoms with E-state index in [1.165, 1.54) is 0 Å². The fourth-order valence-electron chi connectivity index (χ4n) is 2.77. The Morgan fingerprint density at radius 1 is 0.880 bits per heavy atom. The molecule has 2 N–H and O–H groups in total. The van der Waals surface area contributed by atoms with Crippen molar-refractivity contribution < 1.29 is 19.4 Å². The number of carboxylic acid groups (broad SMARTS) is 1. The fraction of sp³-hybridized carbons (Fsp3) is 0.0500. The summed E-state index contributed by atoms with van der Waals surface area (Å²) in [5.41, 5.74) is 3.42. The third-order valence-electron chi connectivity index (χ3n) is 4.01. The lowest BCUT2D eigenvalue weighted by Crippen LogP contribution is -2.03. The molecule has 1 heterocycles. The first-order chi connectivity index (χ1) is 12.2. The smallest absolute Gasteiger partial charge is 0.337 e. The molecule has 124 valence electrons. The second-order valence-electron chi connectivity index (χ2n) is 5.62. The monoisotopic (exact) mass is 333 g/mol. The van der Waals surface area contributed by atoms with Crippen LogP contribution in [0.1, 0.15) is 10.4 Å². The second kappa shape index (κ2) is 6.20. The Bertz CT molecular complexity index is 938. The van der Waals surface area contributed by atoms with Gasteiger partial charge in [0.25, 0.3) is 0 Å². The SMILES string of the molecule is O=C(O)c1ccc(-c2ccccc2)cc1Nc1ccc2c(c1)OCO2. The molecule has 5 nitrogen and oxygen atoms in total. The highest BCUT2D eigenvalue weighted by molar-refractivity contribution is 5.96. The number of benzene rings is 3. The van der Waals surface area contributed by atoms with Gasteiger partial charge in [-0.05, 0) is 35.4 Å². The summed E-state index contributed by atoms with van der Waals surface area (Å²) in [5, 5.41) is 12.7. The van der Waals surface area contributed by atoms with E-state index in [4.69, 9.17) is 9.47 Å². The van der Waals surface area contributed by atoms with Crippen molar-refractivity contribution in [2.24, 2.45) is 0 Å². The molecule has 0 unspecified atom stereocenters. The van der Waals surface area contributed by atoms with Crippen molar-refractivity contribution in [1.82, 2.24) is 0 Å². The number of nitrogens with one attached hydrogen (secondary N) is 1. The molecule has 0 atom stereocenters. The Kier molecular flexibility index (Phi) is 3.74. The molecule has 3 aromatic carbocycles. The third kappa shape index (κ3) is 2.99. The zero-order valence-electron chi connectivity index (χ0n) is 13.2. The van der Waals surface area contributed by atoms with E-state index in [1.807, 2.05) is 48.5 Å². The summed E-state index contributed by atoms with van der Waals surface area (Å²) < 4.78 is 10.7. The first-order valence-electron chi connectivity index (χ1n) is 7.80. The Labute approximate surface area is 144 Å². The van der Waals surface area contributed by atoms with Crippen molar-refractivity contribution >= 4 is 17.3 Å². The van der Waals surface area contributed by atoms with Crippen molar-refractivity contribution in [1.29, 1.82) is 0 Å². The van der Waals surface area contributed by atoms with Crippen LogP contribution in [-0.4, -0.2) is 17.9 Å². The maximum atomic E-state index is 11.6. The van der Waals surface area contributed by atoms with Crippen molar-refractivity contribution in [2.45, 2.75) is 0 Å². The van der Waals surface area contributed by atoms with Gasteiger partial charge in [-0.3, -0.25) is 0 Å². The van der Waals surface area contributed by atoms with Gasteiger partial charge in [0, 0.05) is 11.8 Å². The topological polar surface area (TPSA) is 67.8 Å². The highest BCUT2D eigenvalue weighted by Crippen LogP contribution is 2.36. The summed E-state index contributed by atoms with van der Waals surface area (Å²) >= 11 is 0. The van der Waals surface area contributed by atoms with E-state index < -0.39 is 5.97 Å². The van der Waals surface area contributed by atoms with Gasteiger partial charge in [-0.15, -0.1) is 0 Å². The number of rotatable bonds is 4.